The second-order valence-corrected chi connectivity index (χ2v) is 9.85. The Bertz CT molecular complexity index is 975. The van der Waals surface area contributed by atoms with Crippen LogP contribution in [0.3, 0.4) is 0 Å². The first-order valence-electron chi connectivity index (χ1n) is 13.0. The van der Waals surface area contributed by atoms with Crippen LogP contribution in [0, 0.1) is 0 Å². The average molecular weight is 465 g/mol. The average Bonchev–Trinajstić information content (AvgIpc) is 2.84. The van der Waals surface area contributed by atoms with Crippen LogP contribution in [0.2, 0.25) is 0 Å². The van der Waals surface area contributed by atoms with E-state index in [1.54, 1.807) is 0 Å². The summed E-state index contributed by atoms with van der Waals surface area (Å²) in [6.07, 6.45) is 10.2. The van der Waals surface area contributed by atoms with Crippen molar-refractivity contribution >= 4 is 23.5 Å². The summed E-state index contributed by atoms with van der Waals surface area (Å²) in [5.41, 5.74) is 5.87. The molecule has 2 amide bonds. The lowest BCUT2D eigenvalue weighted by molar-refractivity contribution is 0.243. The Kier molecular flexibility index (Phi) is 7.91. The number of hydrogen-bond acceptors (Lipinski definition) is 5. The first kappa shape index (κ1) is 24.3. The summed E-state index contributed by atoms with van der Waals surface area (Å²) in [5.74, 6) is 1.81. The number of urea groups is 1. The van der Waals surface area contributed by atoms with E-state index in [1.807, 2.05) is 0 Å². The van der Waals surface area contributed by atoms with Gasteiger partial charge in [0.15, 0.2) is 0 Å². The van der Waals surface area contributed by atoms with Gasteiger partial charge in [-0.1, -0.05) is 32.0 Å². The molecular weight excluding hydrogens is 424 g/mol. The van der Waals surface area contributed by atoms with E-state index in [0.29, 0.717) is 6.04 Å². The van der Waals surface area contributed by atoms with Crippen molar-refractivity contribution in [2.45, 2.75) is 90.1 Å². The number of hydrogen-bond donors (Lipinski definition) is 3. The quantitative estimate of drug-likeness (QED) is 0.532. The Balaban J connectivity index is 1.32. The molecule has 2 aliphatic rings. The summed E-state index contributed by atoms with van der Waals surface area (Å²) in [6.45, 7) is 4.25. The van der Waals surface area contributed by atoms with Crippen LogP contribution in [0.5, 0.6) is 0 Å². The summed E-state index contributed by atoms with van der Waals surface area (Å²) in [4.78, 5) is 24.6. The van der Waals surface area contributed by atoms with Gasteiger partial charge in [-0.15, -0.1) is 0 Å². The summed E-state index contributed by atoms with van der Waals surface area (Å²) in [6, 6.07) is 6.69. The van der Waals surface area contributed by atoms with Gasteiger partial charge in [0.1, 0.15) is 5.82 Å². The monoisotopic (exact) mass is 464 g/mol. The van der Waals surface area contributed by atoms with E-state index in [-0.39, 0.29) is 12.1 Å². The van der Waals surface area contributed by atoms with Crippen molar-refractivity contribution < 1.29 is 4.79 Å². The van der Waals surface area contributed by atoms with E-state index in [0.717, 1.165) is 68.8 Å². The number of carbonyl (C=O) groups is 1. The van der Waals surface area contributed by atoms with Crippen molar-refractivity contribution in [2.24, 2.45) is 0 Å². The molecule has 0 unspecified atom stereocenters. The standard InChI is InChI=1S/C27H40N6O/c1-5-18-10-9-11-19(6-2)24(18)31-27(34)29-21-16-14-20(15-17-21)28-26-30-23-13-8-7-12-22(23)25(32-26)33(3)4/h9-11,20-21H,5-8,12-17H2,1-4H3,(H,28,30,32)(H2,29,31,34). The van der Waals surface area contributed by atoms with E-state index in [9.17, 15) is 4.79 Å². The molecule has 3 N–H and O–H groups in total. The van der Waals surface area contributed by atoms with Crippen LogP contribution >= 0.6 is 0 Å². The summed E-state index contributed by atoms with van der Waals surface area (Å²) in [7, 11) is 4.12. The van der Waals surface area contributed by atoms with Crippen molar-refractivity contribution in [3.8, 4) is 0 Å². The van der Waals surface area contributed by atoms with Crippen LogP contribution in [0.15, 0.2) is 18.2 Å². The van der Waals surface area contributed by atoms with Gasteiger partial charge in [0, 0.05) is 37.4 Å². The fourth-order valence-electron chi connectivity index (χ4n) is 5.31. The van der Waals surface area contributed by atoms with E-state index in [4.69, 9.17) is 9.97 Å². The number of aryl methyl sites for hydroxylation is 3. The molecule has 0 saturated heterocycles. The van der Waals surface area contributed by atoms with E-state index in [2.05, 4.69) is 67.0 Å². The number of aromatic nitrogens is 2. The van der Waals surface area contributed by atoms with Crippen LogP contribution in [-0.4, -0.2) is 42.2 Å². The number of rotatable bonds is 7. The zero-order valence-corrected chi connectivity index (χ0v) is 21.2. The molecule has 2 aromatic rings. The Morgan fingerprint density at radius 2 is 1.62 bits per heavy atom. The summed E-state index contributed by atoms with van der Waals surface area (Å²) >= 11 is 0. The number of amides is 2. The Labute approximate surface area is 204 Å². The van der Waals surface area contributed by atoms with Crippen molar-refractivity contribution in [3.05, 3.63) is 40.6 Å². The highest BCUT2D eigenvalue weighted by Crippen LogP contribution is 2.29. The number of fused-ring (bicyclic) bond motifs is 1. The number of benzene rings is 1. The first-order valence-corrected chi connectivity index (χ1v) is 13.0. The van der Waals surface area contributed by atoms with Crippen LogP contribution in [0.1, 0.15) is 74.8 Å². The highest BCUT2D eigenvalue weighted by Gasteiger charge is 2.25. The number of para-hydroxylation sites is 1. The van der Waals surface area contributed by atoms with E-state index >= 15 is 0 Å². The minimum atomic E-state index is -0.0966. The topological polar surface area (TPSA) is 82.2 Å². The van der Waals surface area contributed by atoms with Crippen LogP contribution in [-0.2, 0) is 25.7 Å². The molecule has 0 atom stereocenters. The lowest BCUT2D eigenvalue weighted by Crippen LogP contribution is -2.42. The van der Waals surface area contributed by atoms with Crippen molar-refractivity contribution in [3.63, 3.8) is 0 Å². The maximum absolute atomic E-state index is 12.8. The lowest BCUT2D eigenvalue weighted by Gasteiger charge is -2.30. The highest BCUT2D eigenvalue weighted by atomic mass is 16.2. The Hall–Kier alpha value is -2.83. The molecule has 4 rings (SSSR count). The van der Waals surface area contributed by atoms with Crippen LogP contribution in [0.4, 0.5) is 22.2 Å². The molecule has 7 nitrogen and oxygen atoms in total. The molecule has 7 heteroatoms. The van der Waals surface area contributed by atoms with Gasteiger partial charge in [0.2, 0.25) is 5.95 Å². The van der Waals surface area contributed by atoms with Gasteiger partial charge in [-0.05, 0) is 75.3 Å². The van der Waals surface area contributed by atoms with Gasteiger partial charge in [-0.2, -0.15) is 4.98 Å². The Morgan fingerprint density at radius 3 is 2.26 bits per heavy atom. The highest BCUT2D eigenvalue weighted by molar-refractivity contribution is 5.91. The van der Waals surface area contributed by atoms with Gasteiger partial charge in [-0.25, -0.2) is 9.78 Å². The minimum absolute atomic E-state index is 0.0966. The molecule has 0 aliphatic heterocycles. The number of carbonyl (C=O) groups excluding carboxylic acids is 1. The first-order chi connectivity index (χ1) is 16.5. The zero-order valence-electron chi connectivity index (χ0n) is 21.2. The van der Waals surface area contributed by atoms with Gasteiger partial charge in [0.05, 0.1) is 5.69 Å². The normalized spacial score (nSPS) is 19.8. The maximum Gasteiger partial charge on any atom is 0.319 e. The van der Waals surface area contributed by atoms with Gasteiger partial charge in [-0.3, -0.25) is 0 Å². The molecule has 184 valence electrons. The molecule has 2 aliphatic carbocycles. The maximum atomic E-state index is 12.8. The van der Waals surface area contributed by atoms with Crippen molar-refractivity contribution in [1.29, 1.82) is 0 Å². The second kappa shape index (κ2) is 11.1. The molecule has 0 spiro atoms. The summed E-state index contributed by atoms with van der Waals surface area (Å²) in [5, 5.41) is 9.93. The van der Waals surface area contributed by atoms with Crippen LogP contribution < -0.4 is 20.9 Å². The largest absolute Gasteiger partial charge is 0.362 e. The van der Waals surface area contributed by atoms with Gasteiger partial charge >= 0.3 is 6.03 Å². The number of anilines is 3. The fraction of sp³-hybridized carbons (Fsp3) is 0.593. The van der Waals surface area contributed by atoms with E-state index in [1.165, 1.54) is 35.2 Å². The molecule has 1 heterocycles. The fourth-order valence-corrected chi connectivity index (χ4v) is 5.31. The minimum Gasteiger partial charge on any atom is -0.362 e. The van der Waals surface area contributed by atoms with Gasteiger partial charge in [0.25, 0.3) is 0 Å². The smallest absolute Gasteiger partial charge is 0.319 e. The van der Waals surface area contributed by atoms with E-state index < -0.39 is 0 Å². The van der Waals surface area contributed by atoms with Crippen molar-refractivity contribution in [1.82, 2.24) is 15.3 Å². The lowest BCUT2D eigenvalue weighted by atomic mass is 9.91. The molecule has 0 radical (unpaired) electrons. The summed E-state index contributed by atoms with van der Waals surface area (Å²) < 4.78 is 0. The van der Waals surface area contributed by atoms with Crippen LogP contribution in [0.25, 0.3) is 0 Å². The molecule has 0 bridgehead atoms. The predicted octanol–water partition coefficient (Wildman–Crippen LogP) is 5.09. The number of nitrogens with one attached hydrogen (secondary N) is 3. The third-order valence-electron chi connectivity index (χ3n) is 7.22. The third kappa shape index (κ3) is 5.62. The SMILES string of the molecule is CCc1cccc(CC)c1NC(=O)NC1CCC(Nc2nc3c(c(N(C)C)n2)CCCC3)CC1. The molecule has 1 aromatic heterocycles. The second-order valence-electron chi connectivity index (χ2n) is 9.85. The molecule has 34 heavy (non-hydrogen) atoms. The third-order valence-corrected chi connectivity index (χ3v) is 7.22. The number of nitrogens with zero attached hydrogens (tertiary/aromatic N) is 3. The Morgan fingerprint density at radius 1 is 0.971 bits per heavy atom. The molecule has 1 fully saturated rings. The molecular formula is C27H40N6O. The zero-order chi connectivity index (χ0) is 24.1. The van der Waals surface area contributed by atoms with Gasteiger partial charge < -0.3 is 20.9 Å². The van der Waals surface area contributed by atoms with Crippen molar-refractivity contribution in [2.75, 3.05) is 29.6 Å². The molecule has 1 aromatic carbocycles. The molecule has 1 saturated carbocycles. The predicted molar refractivity (Wildman–Crippen MR) is 140 cm³/mol.